The fourth-order valence-electron chi connectivity index (χ4n) is 3.34. The minimum atomic E-state index is -0.0426. The average molecular weight is 348 g/mol. The molecule has 2 aromatic heterocycles. The van der Waals surface area contributed by atoms with E-state index in [1.165, 1.54) is 0 Å². The number of hydrogen-bond acceptors (Lipinski definition) is 4. The molecule has 0 aliphatic carbocycles. The Bertz CT molecular complexity index is 976. The Morgan fingerprint density at radius 2 is 1.77 bits per heavy atom. The van der Waals surface area contributed by atoms with Crippen LogP contribution in [0.5, 0.6) is 0 Å². The number of fused-ring (bicyclic) bond motifs is 1. The monoisotopic (exact) mass is 348 g/mol. The van der Waals surface area contributed by atoms with Crippen LogP contribution in [0.15, 0.2) is 59.7 Å². The summed E-state index contributed by atoms with van der Waals surface area (Å²) in [6, 6.07) is 13.2. The summed E-state index contributed by atoms with van der Waals surface area (Å²) in [5.74, 6) is 0.0376. The largest absolute Gasteiger partial charge is 0.336 e. The van der Waals surface area contributed by atoms with Crippen LogP contribution in [-0.2, 0) is 6.54 Å². The second kappa shape index (κ2) is 7.09. The highest BCUT2D eigenvalue weighted by atomic mass is 16.2. The Labute approximate surface area is 151 Å². The highest BCUT2D eigenvalue weighted by Gasteiger charge is 2.22. The van der Waals surface area contributed by atoms with E-state index < -0.39 is 0 Å². The topological polar surface area (TPSA) is 69.3 Å². The summed E-state index contributed by atoms with van der Waals surface area (Å²) in [6.07, 6.45) is 3.27. The normalized spacial score (nSPS) is 15.3. The first-order chi connectivity index (χ1) is 12.7. The van der Waals surface area contributed by atoms with Crippen molar-refractivity contribution >= 4 is 16.8 Å². The van der Waals surface area contributed by atoms with Crippen LogP contribution in [0.1, 0.15) is 15.9 Å². The number of amides is 1. The van der Waals surface area contributed by atoms with Gasteiger partial charge in [-0.25, -0.2) is 0 Å². The molecule has 1 aliphatic rings. The zero-order valence-corrected chi connectivity index (χ0v) is 14.4. The quantitative estimate of drug-likeness (QED) is 0.785. The molecule has 0 bridgehead atoms. The number of benzene rings is 1. The maximum absolute atomic E-state index is 12.5. The fraction of sp³-hybridized carbons (Fsp3) is 0.250. The first-order valence-electron chi connectivity index (χ1n) is 8.73. The van der Waals surface area contributed by atoms with Crippen LogP contribution in [0.3, 0.4) is 0 Å². The van der Waals surface area contributed by atoms with Gasteiger partial charge in [0.25, 0.3) is 11.5 Å². The minimum Gasteiger partial charge on any atom is -0.336 e. The molecule has 1 fully saturated rings. The van der Waals surface area contributed by atoms with Gasteiger partial charge in [0, 0.05) is 61.8 Å². The number of nitrogens with one attached hydrogen (secondary N) is 1. The minimum absolute atomic E-state index is 0.0376. The smallest absolute Gasteiger partial charge is 0.254 e. The fourth-order valence-corrected chi connectivity index (χ4v) is 3.34. The van der Waals surface area contributed by atoms with E-state index in [1.807, 2.05) is 35.2 Å². The summed E-state index contributed by atoms with van der Waals surface area (Å²) >= 11 is 0. The van der Waals surface area contributed by atoms with E-state index in [4.69, 9.17) is 0 Å². The van der Waals surface area contributed by atoms with E-state index >= 15 is 0 Å². The van der Waals surface area contributed by atoms with Crippen molar-refractivity contribution in [2.75, 3.05) is 26.2 Å². The van der Waals surface area contributed by atoms with Gasteiger partial charge in [0.15, 0.2) is 0 Å². The molecule has 6 nitrogen and oxygen atoms in total. The molecule has 1 saturated heterocycles. The van der Waals surface area contributed by atoms with Crippen molar-refractivity contribution in [2.45, 2.75) is 6.54 Å². The lowest BCUT2D eigenvalue weighted by Gasteiger charge is -2.34. The number of carbonyl (C=O) groups is 1. The van der Waals surface area contributed by atoms with Gasteiger partial charge >= 0.3 is 0 Å². The number of piperazine rings is 1. The molecule has 1 aliphatic heterocycles. The average Bonchev–Trinajstić information content (AvgIpc) is 2.69. The predicted molar refractivity (Wildman–Crippen MR) is 100.0 cm³/mol. The van der Waals surface area contributed by atoms with Gasteiger partial charge in [-0.05, 0) is 29.7 Å². The zero-order chi connectivity index (χ0) is 17.9. The van der Waals surface area contributed by atoms with E-state index in [0.29, 0.717) is 25.2 Å². The summed E-state index contributed by atoms with van der Waals surface area (Å²) in [5.41, 5.74) is 2.24. The zero-order valence-electron chi connectivity index (χ0n) is 14.4. The van der Waals surface area contributed by atoms with Crippen molar-refractivity contribution in [1.29, 1.82) is 0 Å². The number of pyridine rings is 2. The van der Waals surface area contributed by atoms with Crippen molar-refractivity contribution in [2.24, 2.45) is 0 Å². The molecule has 6 heteroatoms. The summed E-state index contributed by atoms with van der Waals surface area (Å²) in [7, 11) is 0. The molecular weight excluding hydrogens is 328 g/mol. The molecule has 132 valence electrons. The van der Waals surface area contributed by atoms with Crippen LogP contribution >= 0.6 is 0 Å². The molecule has 4 rings (SSSR count). The molecule has 1 amide bonds. The molecule has 3 heterocycles. The summed E-state index contributed by atoms with van der Waals surface area (Å²) < 4.78 is 0. The Morgan fingerprint density at radius 3 is 2.54 bits per heavy atom. The molecule has 0 spiro atoms. The molecule has 0 unspecified atom stereocenters. The van der Waals surface area contributed by atoms with E-state index in [2.05, 4.69) is 14.9 Å². The van der Waals surface area contributed by atoms with Gasteiger partial charge < -0.3 is 9.88 Å². The highest BCUT2D eigenvalue weighted by molar-refractivity contribution is 5.94. The van der Waals surface area contributed by atoms with Gasteiger partial charge in [-0.3, -0.25) is 19.5 Å². The second-order valence-corrected chi connectivity index (χ2v) is 6.52. The number of aromatic amines is 1. The maximum atomic E-state index is 12.5. The third-order valence-corrected chi connectivity index (χ3v) is 4.81. The van der Waals surface area contributed by atoms with Gasteiger partial charge in [0.1, 0.15) is 0 Å². The third-order valence-electron chi connectivity index (χ3n) is 4.81. The van der Waals surface area contributed by atoms with Crippen molar-refractivity contribution in [3.63, 3.8) is 0 Å². The molecular formula is C20H20N4O2. The predicted octanol–water partition coefficient (Wildman–Crippen LogP) is 1.88. The first kappa shape index (κ1) is 16.5. The number of H-pyrrole nitrogens is 1. The first-order valence-corrected chi connectivity index (χ1v) is 8.73. The number of carbonyl (C=O) groups excluding carboxylic acids is 1. The van der Waals surface area contributed by atoms with Gasteiger partial charge in [0.2, 0.25) is 0 Å². The molecule has 1 aromatic carbocycles. The third kappa shape index (κ3) is 3.36. The maximum Gasteiger partial charge on any atom is 0.254 e. The summed E-state index contributed by atoms with van der Waals surface area (Å²) in [4.78, 5) is 35.8. The number of nitrogens with zero attached hydrogens (tertiary/aromatic N) is 3. The van der Waals surface area contributed by atoms with Crippen LogP contribution in [0.4, 0.5) is 0 Å². The van der Waals surface area contributed by atoms with Crippen LogP contribution in [0.2, 0.25) is 0 Å². The molecule has 0 radical (unpaired) electrons. The summed E-state index contributed by atoms with van der Waals surface area (Å²) in [5, 5.41) is 1.04. The Balaban J connectivity index is 1.42. The van der Waals surface area contributed by atoms with E-state index in [-0.39, 0.29) is 11.5 Å². The van der Waals surface area contributed by atoms with Crippen molar-refractivity contribution in [3.8, 4) is 0 Å². The van der Waals surface area contributed by atoms with Crippen LogP contribution in [0.25, 0.3) is 10.9 Å². The number of aromatic nitrogens is 2. The Hall–Kier alpha value is -2.99. The van der Waals surface area contributed by atoms with E-state index in [1.54, 1.807) is 24.5 Å². The van der Waals surface area contributed by atoms with E-state index in [0.717, 1.165) is 29.6 Å². The van der Waals surface area contributed by atoms with Crippen LogP contribution in [0, 0.1) is 0 Å². The Morgan fingerprint density at radius 1 is 1.04 bits per heavy atom. The van der Waals surface area contributed by atoms with E-state index in [9.17, 15) is 9.59 Å². The van der Waals surface area contributed by atoms with Gasteiger partial charge in [0.05, 0.1) is 0 Å². The summed E-state index contributed by atoms with van der Waals surface area (Å²) in [6.45, 7) is 3.42. The molecule has 1 N–H and O–H groups in total. The lowest BCUT2D eigenvalue weighted by Crippen LogP contribution is -2.48. The second-order valence-electron chi connectivity index (χ2n) is 6.52. The SMILES string of the molecule is O=C(c1ccncc1)N1CCN(Cc2cc3ccccc3[nH]c2=O)CC1. The molecule has 26 heavy (non-hydrogen) atoms. The number of rotatable bonds is 3. The number of hydrogen-bond donors (Lipinski definition) is 1. The lowest BCUT2D eigenvalue weighted by molar-refractivity contribution is 0.0628. The van der Waals surface area contributed by atoms with Crippen LogP contribution in [-0.4, -0.2) is 51.9 Å². The van der Waals surface area contributed by atoms with Crippen molar-refractivity contribution in [1.82, 2.24) is 19.8 Å². The molecule has 0 saturated carbocycles. The molecule has 3 aromatic rings. The van der Waals surface area contributed by atoms with Gasteiger partial charge in [-0.15, -0.1) is 0 Å². The Kier molecular flexibility index (Phi) is 4.50. The van der Waals surface area contributed by atoms with Gasteiger partial charge in [-0.1, -0.05) is 18.2 Å². The van der Waals surface area contributed by atoms with Crippen LogP contribution < -0.4 is 5.56 Å². The lowest BCUT2D eigenvalue weighted by atomic mass is 10.1. The molecule has 0 atom stereocenters. The number of para-hydroxylation sites is 1. The standard InChI is InChI=1S/C20H20N4O2/c25-19-17(13-16-3-1-2-4-18(16)22-19)14-23-9-11-24(12-10-23)20(26)15-5-7-21-8-6-15/h1-8,13H,9-12,14H2,(H,22,25). The van der Waals surface area contributed by atoms with Crippen molar-refractivity contribution < 1.29 is 4.79 Å². The van der Waals surface area contributed by atoms with Crippen molar-refractivity contribution in [3.05, 3.63) is 76.3 Å². The van der Waals surface area contributed by atoms with Gasteiger partial charge in [-0.2, -0.15) is 0 Å². The highest BCUT2D eigenvalue weighted by Crippen LogP contribution is 2.13.